The van der Waals surface area contributed by atoms with Crippen LogP contribution in [0, 0.1) is 20.8 Å². The maximum absolute atomic E-state index is 5.49. The van der Waals surface area contributed by atoms with Crippen LogP contribution in [0.1, 0.15) is 17.0 Å². The maximum Gasteiger partial charge on any atom is 0.262 e. The van der Waals surface area contributed by atoms with Gasteiger partial charge in [-0.15, -0.1) is 0 Å². The lowest BCUT2D eigenvalue weighted by Crippen LogP contribution is -1.83. The molecule has 0 fully saturated rings. The van der Waals surface area contributed by atoms with Crippen molar-refractivity contribution < 1.29 is 4.42 Å². The van der Waals surface area contributed by atoms with E-state index >= 15 is 0 Å². The van der Waals surface area contributed by atoms with E-state index in [1.165, 1.54) is 11.8 Å². The Bertz CT molecular complexity index is 505. The molecule has 2 rings (SSSR count). The van der Waals surface area contributed by atoms with Crippen LogP contribution >= 0.6 is 27.7 Å². The molecular formula is C11H11BrN2OS. The number of oxazole rings is 1. The average Bonchev–Trinajstić information content (AvgIpc) is 2.52. The second-order valence-corrected chi connectivity index (χ2v) is 5.32. The zero-order chi connectivity index (χ0) is 11.7. The van der Waals surface area contributed by atoms with Crippen LogP contribution in [0.2, 0.25) is 0 Å². The number of halogens is 1. The molecule has 0 aliphatic rings. The number of nitrogens with zero attached hydrogens (tertiary/aromatic N) is 2. The highest BCUT2D eigenvalue weighted by Gasteiger charge is 2.08. The lowest BCUT2D eigenvalue weighted by molar-refractivity contribution is 0.431. The van der Waals surface area contributed by atoms with E-state index in [-0.39, 0.29) is 0 Å². The van der Waals surface area contributed by atoms with Gasteiger partial charge in [0.15, 0.2) is 0 Å². The summed E-state index contributed by atoms with van der Waals surface area (Å²) in [5.74, 6) is 0.858. The topological polar surface area (TPSA) is 38.9 Å². The van der Waals surface area contributed by atoms with E-state index in [1.807, 2.05) is 26.8 Å². The summed E-state index contributed by atoms with van der Waals surface area (Å²) in [5.41, 5.74) is 2.08. The minimum absolute atomic E-state index is 0.643. The predicted octanol–water partition coefficient (Wildman–Crippen LogP) is 3.91. The second-order valence-electron chi connectivity index (χ2n) is 3.50. The number of hydrogen-bond donors (Lipinski definition) is 0. The summed E-state index contributed by atoms with van der Waals surface area (Å²) in [4.78, 5) is 8.59. The molecule has 0 aromatic carbocycles. The molecule has 2 aromatic rings. The van der Waals surface area contributed by atoms with Gasteiger partial charge in [0.05, 0.1) is 5.69 Å². The first-order valence-electron chi connectivity index (χ1n) is 4.80. The van der Waals surface area contributed by atoms with Crippen LogP contribution < -0.4 is 0 Å². The van der Waals surface area contributed by atoms with Crippen LogP contribution in [0.25, 0.3) is 0 Å². The standard InChI is InChI=1S/C11H11BrN2OS/c1-6-4-10(13-5-9(6)12)16-11-14-7(2)8(3)15-11/h4-5H,1-3H3. The third kappa shape index (κ3) is 2.47. The van der Waals surface area contributed by atoms with Gasteiger partial charge >= 0.3 is 0 Å². The summed E-state index contributed by atoms with van der Waals surface area (Å²) in [6.07, 6.45) is 1.79. The summed E-state index contributed by atoms with van der Waals surface area (Å²) >= 11 is 4.86. The highest BCUT2D eigenvalue weighted by molar-refractivity contribution is 9.10. The van der Waals surface area contributed by atoms with Crippen molar-refractivity contribution in [3.8, 4) is 0 Å². The van der Waals surface area contributed by atoms with E-state index in [0.29, 0.717) is 5.22 Å². The predicted molar refractivity (Wildman–Crippen MR) is 66.8 cm³/mol. The molecule has 0 amide bonds. The fraction of sp³-hybridized carbons (Fsp3) is 0.273. The zero-order valence-electron chi connectivity index (χ0n) is 9.24. The number of rotatable bonds is 2. The Hall–Kier alpha value is -0.810. The van der Waals surface area contributed by atoms with Crippen molar-refractivity contribution in [1.29, 1.82) is 0 Å². The fourth-order valence-electron chi connectivity index (χ4n) is 1.15. The SMILES string of the molecule is Cc1cc(Sc2nc(C)c(C)o2)ncc1Br. The van der Waals surface area contributed by atoms with Gasteiger partial charge in [0, 0.05) is 10.7 Å². The lowest BCUT2D eigenvalue weighted by atomic mass is 10.3. The third-order valence-corrected chi connectivity index (χ3v) is 3.83. The molecule has 2 aromatic heterocycles. The van der Waals surface area contributed by atoms with E-state index in [1.54, 1.807) is 6.20 Å². The van der Waals surface area contributed by atoms with Gasteiger partial charge in [-0.1, -0.05) is 0 Å². The largest absolute Gasteiger partial charge is 0.436 e. The van der Waals surface area contributed by atoms with E-state index in [2.05, 4.69) is 25.9 Å². The first-order chi connectivity index (χ1) is 7.56. The minimum atomic E-state index is 0.643. The number of pyridine rings is 1. The summed E-state index contributed by atoms with van der Waals surface area (Å²) in [5, 5.41) is 1.53. The first-order valence-corrected chi connectivity index (χ1v) is 6.41. The highest BCUT2D eigenvalue weighted by atomic mass is 79.9. The Morgan fingerprint density at radius 1 is 1.31 bits per heavy atom. The number of aromatic nitrogens is 2. The number of aryl methyl sites for hydroxylation is 3. The van der Waals surface area contributed by atoms with E-state index < -0.39 is 0 Å². The van der Waals surface area contributed by atoms with Crippen molar-refractivity contribution in [1.82, 2.24) is 9.97 Å². The fourth-order valence-corrected chi connectivity index (χ4v) is 2.23. The van der Waals surface area contributed by atoms with Crippen LogP contribution in [0.3, 0.4) is 0 Å². The van der Waals surface area contributed by atoms with Gasteiger partial charge in [-0.3, -0.25) is 0 Å². The Balaban J connectivity index is 2.23. The molecule has 0 bridgehead atoms. The van der Waals surface area contributed by atoms with Crippen molar-refractivity contribution in [2.45, 2.75) is 31.0 Å². The maximum atomic E-state index is 5.49. The van der Waals surface area contributed by atoms with E-state index in [9.17, 15) is 0 Å². The van der Waals surface area contributed by atoms with Crippen LogP contribution in [-0.2, 0) is 0 Å². The van der Waals surface area contributed by atoms with Crippen molar-refractivity contribution in [3.63, 3.8) is 0 Å². The number of hydrogen-bond acceptors (Lipinski definition) is 4. The molecule has 0 saturated heterocycles. The van der Waals surface area contributed by atoms with Crippen molar-refractivity contribution >= 4 is 27.7 Å². The molecule has 16 heavy (non-hydrogen) atoms. The molecule has 2 heterocycles. The summed E-state index contributed by atoms with van der Waals surface area (Å²) in [6.45, 7) is 5.87. The van der Waals surface area contributed by atoms with Crippen molar-refractivity contribution in [2.75, 3.05) is 0 Å². The monoisotopic (exact) mass is 298 g/mol. The third-order valence-electron chi connectivity index (χ3n) is 2.22. The Morgan fingerprint density at radius 2 is 2.06 bits per heavy atom. The average molecular weight is 299 g/mol. The summed E-state index contributed by atoms with van der Waals surface area (Å²) in [7, 11) is 0. The smallest absolute Gasteiger partial charge is 0.262 e. The van der Waals surface area contributed by atoms with Gasteiger partial charge < -0.3 is 4.42 Å². The van der Waals surface area contributed by atoms with Gasteiger partial charge in [-0.25, -0.2) is 9.97 Å². The highest BCUT2D eigenvalue weighted by Crippen LogP contribution is 2.28. The second kappa shape index (κ2) is 4.59. The molecule has 0 unspecified atom stereocenters. The summed E-state index contributed by atoms with van der Waals surface area (Å²) in [6, 6.07) is 2.00. The van der Waals surface area contributed by atoms with Gasteiger partial charge in [-0.05, 0) is 60.1 Å². The van der Waals surface area contributed by atoms with Crippen LogP contribution in [0.5, 0.6) is 0 Å². The Morgan fingerprint density at radius 3 is 2.62 bits per heavy atom. The normalized spacial score (nSPS) is 10.8. The molecule has 84 valence electrons. The Labute approximate surface area is 107 Å². The van der Waals surface area contributed by atoms with Crippen LogP contribution in [0.15, 0.2) is 31.4 Å². The molecule has 0 spiro atoms. The molecule has 5 heteroatoms. The Kier molecular flexibility index (Phi) is 3.35. The van der Waals surface area contributed by atoms with Gasteiger partial charge in [-0.2, -0.15) is 0 Å². The molecule has 0 saturated carbocycles. The van der Waals surface area contributed by atoms with Gasteiger partial charge in [0.25, 0.3) is 5.22 Å². The molecule has 0 aliphatic carbocycles. The molecule has 0 atom stereocenters. The first kappa shape index (κ1) is 11.7. The van der Waals surface area contributed by atoms with Crippen molar-refractivity contribution in [3.05, 3.63) is 33.8 Å². The molecule has 0 radical (unpaired) electrons. The summed E-state index contributed by atoms with van der Waals surface area (Å²) < 4.78 is 6.50. The molecule has 0 aliphatic heterocycles. The zero-order valence-corrected chi connectivity index (χ0v) is 11.6. The van der Waals surface area contributed by atoms with E-state index in [4.69, 9.17) is 4.42 Å². The van der Waals surface area contributed by atoms with Crippen molar-refractivity contribution in [2.24, 2.45) is 0 Å². The van der Waals surface area contributed by atoms with Gasteiger partial charge in [0.1, 0.15) is 10.8 Å². The lowest BCUT2D eigenvalue weighted by Gasteiger charge is -1.99. The van der Waals surface area contributed by atoms with Gasteiger partial charge in [0.2, 0.25) is 0 Å². The van der Waals surface area contributed by atoms with Crippen LogP contribution in [-0.4, -0.2) is 9.97 Å². The quantitative estimate of drug-likeness (QED) is 0.843. The molecule has 0 N–H and O–H groups in total. The van der Waals surface area contributed by atoms with Crippen LogP contribution in [0.4, 0.5) is 0 Å². The van der Waals surface area contributed by atoms with E-state index in [0.717, 1.165) is 26.5 Å². The molecular weight excluding hydrogens is 288 g/mol. The minimum Gasteiger partial charge on any atom is -0.436 e. The molecule has 3 nitrogen and oxygen atoms in total.